The summed E-state index contributed by atoms with van der Waals surface area (Å²) in [6.07, 6.45) is 0.901. The van der Waals surface area contributed by atoms with E-state index in [1.165, 1.54) is 0 Å². The Morgan fingerprint density at radius 3 is 2.65 bits per heavy atom. The topological polar surface area (TPSA) is 55.8 Å². The van der Waals surface area contributed by atoms with Crippen LogP contribution in [0.25, 0.3) is 0 Å². The Hall–Kier alpha value is -1.97. The molecule has 0 fully saturated rings. The van der Waals surface area contributed by atoms with Crippen molar-refractivity contribution in [1.82, 2.24) is 0 Å². The molecule has 1 rings (SSSR count). The van der Waals surface area contributed by atoms with Crippen molar-refractivity contribution in [3.8, 4) is 11.5 Å². The molecule has 0 saturated carbocycles. The molecule has 1 N–H and O–H groups in total. The van der Waals surface area contributed by atoms with E-state index in [1.54, 1.807) is 13.2 Å². The van der Waals surface area contributed by atoms with Crippen LogP contribution < -0.4 is 9.47 Å². The van der Waals surface area contributed by atoms with Crippen molar-refractivity contribution in [3.63, 3.8) is 0 Å². The standard InChI is InChI=1S/C13H16O4/c1-4-10-5-6-11(12(7-10)16-3)17-8-9(2)13(14)15/h5-7H,2,4,8H2,1,3H3,(H,14,15). The summed E-state index contributed by atoms with van der Waals surface area (Å²) in [6, 6.07) is 5.56. The first-order valence-electron chi connectivity index (χ1n) is 5.29. The molecule has 1 aromatic rings. The zero-order valence-corrected chi connectivity index (χ0v) is 10.0. The van der Waals surface area contributed by atoms with Crippen molar-refractivity contribution in [1.29, 1.82) is 0 Å². The SMILES string of the molecule is C=C(COc1ccc(CC)cc1OC)C(=O)O. The van der Waals surface area contributed by atoms with Crippen molar-refractivity contribution in [2.45, 2.75) is 13.3 Å². The van der Waals surface area contributed by atoms with Gasteiger partial charge in [-0.05, 0) is 24.1 Å². The number of hydrogen-bond acceptors (Lipinski definition) is 3. The van der Waals surface area contributed by atoms with Crippen LogP contribution in [0.3, 0.4) is 0 Å². The summed E-state index contributed by atoms with van der Waals surface area (Å²) in [5.74, 6) is 0.0591. The van der Waals surface area contributed by atoms with Gasteiger partial charge in [-0.3, -0.25) is 0 Å². The zero-order chi connectivity index (χ0) is 12.8. The molecule has 17 heavy (non-hydrogen) atoms. The van der Waals surface area contributed by atoms with E-state index in [4.69, 9.17) is 14.6 Å². The Balaban J connectivity index is 2.77. The van der Waals surface area contributed by atoms with Crippen LogP contribution in [0.2, 0.25) is 0 Å². The molecule has 0 amide bonds. The smallest absolute Gasteiger partial charge is 0.334 e. The fourth-order valence-corrected chi connectivity index (χ4v) is 1.28. The number of methoxy groups -OCH3 is 1. The van der Waals surface area contributed by atoms with Crippen LogP contribution in [0, 0.1) is 0 Å². The number of aryl methyl sites for hydroxylation is 1. The van der Waals surface area contributed by atoms with Gasteiger partial charge in [-0.25, -0.2) is 4.79 Å². The Kier molecular flexibility index (Phi) is 4.57. The van der Waals surface area contributed by atoms with Crippen molar-refractivity contribution < 1.29 is 19.4 Å². The average Bonchev–Trinajstić information content (AvgIpc) is 2.35. The van der Waals surface area contributed by atoms with E-state index in [-0.39, 0.29) is 12.2 Å². The molecule has 0 heterocycles. The molecule has 0 radical (unpaired) electrons. The molecule has 0 aliphatic carbocycles. The monoisotopic (exact) mass is 236 g/mol. The Morgan fingerprint density at radius 2 is 2.12 bits per heavy atom. The van der Waals surface area contributed by atoms with E-state index in [0.29, 0.717) is 11.5 Å². The molecule has 0 aromatic heterocycles. The lowest BCUT2D eigenvalue weighted by molar-refractivity contribution is -0.133. The van der Waals surface area contributed by atoms with Gasteiger partial charge in [0.05, 0.1) is 12.7 Å². The van der Waals surface area contributed by atoms with Gasteiger partial charge in [0.1, 0.15) is 6.61 Å². The molecule has 1 aromatic carbocycles. The number of carbonyl (C=O) groups is 1. The van der Waals surface area contributed by atoms with E-state index in [0.717, 1.165) is 12.0 Å². The highest BCUT2D eigenvalue weighted by molar-refractivity contribution is 5.86. The number of ether oxygens (including phenoxy) is 2. The van der Waals surface area contributed by atoms with Gasteiger partial charge in [0.15, 0.2) is 11.5 Å². The summed E-state index contributed by atoms with van der Waals surface area (Å²) in [6.45, 7) is 5.38. The number of hydrogen-bond donors (Lipinski definition) is 1. The molecular formula is C13H16O4. The van der Waals surface area contributed by atoms with Crippen LogP contribution in [0.5, 0.6) is 11.5 Å². The van der Waals surface area contributed by atoms with Crippen LogP contribution in [0.1, 0.15) is 12.5 Å². The first-order valence-corrected chi connectivity index (χ1v) is 5.29. The van der Waals surface area contributed by atoms with Crippen LogP contribution in [-0.2, 0) is 11.2 Å². The summed E-state index contributed by atoms with van der Waals surface area (Å²) >= 11 is 0. The van der Waals surface area contributed by atoms with Crippen molar-refractivity contribution in [3.05, 3.63) is 35.9 Å². The maximum Gasteiger partial charge on any atom is 0.334 e. The summed E-state index contributed by atoms with van der Waals surface area (Å²) in [4.78, 5) is 10.6. The molecule has 0 aliphatic rings. The first kappa shape index (κ1) is 13.1. The predicted octanol–water partition coefficient (Wildman–Crippen LogP) is 2.28. The van der Waals surface area contributed by atoms with Crippen LogP contribution in [-0.4, -0.2) is 24.8 Å². The second kappa shape index (κ2) is 5.94. The molecule has 4 nitrogen and oxygen atoms in total. The highest BCUT2D eigenvalue weighted by Crippen LogP contribution is 2.28. The van der Waals surface area contributed by atoms with E-state index in [9.17, 15) is 4.79 Å². The van der Waals surface area contributed by atoms with Crippen molar-refractivity contribution in [2.24, 2.45) is 0 Å². The second-order valence-electron chi connectivity index (χ2n) is 3.54. The Labute approximate surface area is 100 Å². The van der Waals surface area contributed by atoms with Crippen molar-refractivity contribution in [2.75, 3.05) is 13.7 Å². The highest BCUT2D eigenvalue weighted by atomic mass is 16.5. The molecule has 0 bridgehead atoms. The minimum atomic E-state index is -1.06. The largest absolute Gasteiger partial charge is 0.493 e. The summed E-state index contributed by atoms with van der Waals surface area (Å²) in [5.41, 5.74) is 1.14. The maximum absolute atomic E-state index is 10.6. The lowest BCUT2D eigenvalue weighted by atomic mass is 10.1. The number of rotatable bonds is 6. The van der Waals surface area contributed by atoms with E-state index < -0.39 is 5.97 Å². The quantitative estimate of drug-likeness (QED) is 0.770. The van der Waals surface area contributed by atoms with Gasteiger partial charge in [0.2, 0.25) is 0 Å². The maximum atomic E-state index is 10.6. The van der Waals surface area contributed by atoms with Gasteiger partial charge in [-0.1, -0.05) is 19.6 Å². The highest BCUT2D eigenvalue weighted by Gasteiger charge is 2.08. The van der Waals surface area contributed by atoms with E-state index >= 15 is 0 Å². The van der Waals surface area contributed by atoms with Crippen LogP contribution in [0.15, 0.2) is 30.4 Å². The van der Waals surface area contributed by atoms with Gasteiger partial charge in [-0.15, -0.1) is 0 Å². The molecule has 0 spiro atoms. The summed E-state index contributed by atoms with van der Waals surface area (Å²) in [7, 11) is 1.55. The number of carboxylic acids is 1. The second-order valence-corrected chi connectivity index (χ2v) is 3.54. The minimum Gasteiger partial charge on any atom is -0.493 e. The van der Waals surface area contributed by atoms with E-state index in [1.807, 2.05) is 19.1 Å². The molecule has 0 unspecified atom stereocenters. The third kappa shape index (κ3) is 3.52. The minimum absolute atomic E-state index is 0.00613. The molecule has 92 valence electrons. The normalized spacial score (nSPS) is 9.76. The van der Waals surface area contributed by atoms with Crippen LogP contribution >= 0.6 is 0 Å². The summed E-state index contributed by atoms with van der Waals surface area (Å²) < 4.78 is 10.5. The fraction of sp³-hybridized carbons (Fsp3) is 0.308. The number of aliphatic carboxylic acids is 1. The number of carboxylic acid groups (broad SMARTS) is 1. The van der Waals surface area contributed by atoms with Gasteiger partial charge in [0, 0.05) is 0 Å². The lowest BCUT2D eigenvalue weighted by Gasteiger charge is -2.11. The molecule has 0 aliphatic heterocycles. The average molecular weight is 236 g/mol. The first-order chi connectivity index (χ1) is 8.08. The molecular weight excluding hydrogens is 220 g/mol. The zero-order valence-electron chi connectivity index (χ0n) is 10.0. The van der Waals surface area contributed by atoms with Crippen LogP contribution in [0.4, 0.5) is 0 Å². The third-order valence-corrected chi connectivity index (χ3v) is 2.34. The van der Waals surface area contributed by atoms with E-state index in [2.05, 4.69) is 6.58 Å². The predicted molar refractivity (Wildman–Crippen MR) is 64.6 cm³/mol. The molecule has 0 atom stereocenters. The van der Waals surface area contributed by atoms with Gasteiger partial charge in [-0.2, -0.15) is 0 Å². The third-order valence-electron chi connectivity index (χ3n) is 2.34. The fourth-order valence-electron chi connectivity index (χ4n) is 1.28. The Morgan fingerprint density at radius 1 is 1.41 bits per heavy atom. The van der Waals surface area contributed by atoms with Gasteiger partial charge < -0.3 is 14.6 Å². The molecule has 4 heteroatoms. The van der Waals surface area contributed by atoms with Crippen molar-refractivity contribution >= 4 is 5.97 Å². The lowest BCUT2D eigenvalue weighted by Crippen LogP contribution is -2.09. The van der Waals surface area contributed by atoms with Gasteiger partial charge >= 0.3 is 5.97 Å². The molecule has 0 saturated heterocycles. The summed E-state index contributed by atoms with van der Waals surface area (Å²) in [5, 5.41) is 8.66. The number of benzene rings is 1. The van der Waals surface area contributed by atoms with Gasteiger partial charge in [0.25, 0.3) is 0 Å². The Bertz CT molecular complexity index is 423.